The number of pyridine rings is 1. The number of nitro groups is 1. The Labute approximate surface area is 164 Å². The van der Waals surface area contributed by atoms with Gasteiger partial charge in [-0.2, -0.15) is 0 Å². The van der Waals surface area contributed by atoms with E-state index in [0.29, 0.717) is 23.8 Å². The highest BCUT2D eigenvalue weighted by Crippen LogP contribution is 2.33. The third kappa shape index (κ3) is 3.78. The van der Waals surface area contributed by atoms with Crippen molar-refractivity contribution in [2.45, 2.75) is 26.2 Å². The number of fused-ring (bicyclic) bond motifs is 3. The van der Waals surface area contributed by atoms with E-state index in [0.717, 1.165) is 48.8 Å². The second-order valence-electron chi connectivity index (χ2n) is 7.52. The standard InChI is InChI=1S/C22H25N3O3/c1-2-11-24-12-9-16(10-13-24)15-28-22-20-14-17(25(26)27)7-8-18(20)19-5-3-4-6-21(19)23-22/h3-8,14,16H,2,9-13,15H2,1H3. The van der Waals surface area contributed by atoms with Crippen LogP contribution in [0, 0.1) is 16.0 Å². The Morgan fingerprint density at radius 2 is 1.93 bits per heavy atom. The lowest BCUT2D eigenvalue weighted by Gasteiger charge is -2.31. The van der Waals surface area contributed by atoms with Gasteiger partial charge in [0.1, 0.15) is 0 Å². The summed E-state index contributed by atoms with van der Waals surface area (Å²) < 4.78 is 6.14. The van der Waals surface area contributed by atoms with Crippen molar-refractivity contribution >= 4 is 27.4 Å². The molecule has 0 unspecified atom stereocenters. The first-order valence-electron chi connectivity index (χ1n) is 9.97. The number of piperidine rings is 1. The molecule has 0 bridgehead atoms. The molecule has 6 nitrogen and oxygen atoms in total. The van der Waals surface area contributed by atoms with Crippen LogP contribution in [0.3, 0.4) is 0 Å². The number of rotatable bonds is 6. The molecule has 3 aromatic rings. The van der Waals surface area contributed by atoms with Gasteiger partial charge < -0.3 is 9.64 Å². The van der Waals surface area contributed by atoms with Gasteiger partial charge in [-0.3, -0.25) is 10.1 Å². The SMILES string of the molecule is CCCN1CCC(COc2nc3ccccc3c3ccc([N+](=O)[O-])cc23)CC1. The highest BCUT2D eigenvalue weighted by Gasteiger charge is 2.20. The van der Waals surface area contributed by atoms with E-state index in [-0.39, 0.29) is 10.6 Å². The number of nitrogens with zero attached hydrogens (tertiary/aromatic N) is 3. The molecule has 28 heavy (non-hydrogen) atoms. The summed E-state index contributed by atoms with van der Waals surface area (Å²) in [5.41, 5.74) is 0.902. The average molecular weight is 379 g/mol. The fraction of sp³-hybridized carbons (Fsp3) is 0.409. The second-order valence-corrected chi connectivity index (χ2v) is 7.52. The monoisotopic (exact) mass is 379 g/mol. The zero-order chi connectivity index (χ0) is 19.5. The van der Waals surface area contributed by atoms with E-state index in [9.17, 15) is 10.1 Å². The highest BCUT2D eigenvalue weighted by atomic mass is 16.6. The predicted molar refractivity (Wildman–Crippen MR) is 111 cm³/mol. The van der Waals surface area contributed by atoms with Crippen LogP contribution in [0.2, 0.25) is 0 Å². The summed E-state index contributed by atoms with van der Waals surface area (Å²) in [6.07, 6.45) is 3.42. The van der Waals surface area contributed by atoms with E-state index >= 15 is 0 Å². The Balaban J connectivity index is 1.61. The molecule has 2 aromatic carbocycles. The molecule has 4 rings (SSSR count). The van der Waals surface area contributed by atoms with Crippen LogP contribution in [0.25, 0.3) is 21.7 Å². The molecule has 1 fully saturated rings. The van der Waals surface area contributed by atoms with Gasteiger partial charge in [0.15, 0.2) is 0 Å². The number of non-ortho nitro benzene ring substituents is 1. The Morgan fingerprint density at radius 3 is 2.68 bits per heavy atom. The summed E-state index contributed by atoms with van der Waals surface area (Å²) in [5.74, 6) is 0.989. The maximum Gasteiger partial charge on any atom is 0.270 e. The Hall–Kier alpha value is -2.73. The minimum absolute atomic E-state index is 0.0577. The molecule has 0 N–H and O–H groups in total. The minimum atomic E-state index is -0.373. The van der Waals surface area contributed by atoms with Gasteiger partial charge in [0.05, 0.1) is 22.4 Å². The smallest absolute Gasteiger partial charge is 0.270 e. The van der Waals surface area contributed by atoms with Crippen molar-refractivity contribution in [3.8, 4) is 5.88 Å². The molecule has 0 atom stereocenters. The molecule has 0 aliphatic carbocycles. The van der Waals surface area contributed by atoms with E-state index in [1.807, 2.05) is 24.3 Å². The topological polar surface area (TPSA) is 68.5 Å². The van der Waals surface area contributed by atoms with Crippen LogP contribution in [0.1, 0.15) is 26.2 Å². The third-order valence-electron chi connectivity index (χ3n) is 5.56. The summed E-state index contributed by atoms with van der Waals surface area (Å²) in [5, 5.41) is 13.9. The second kappa shape index (κ2) is 8.10. The van der Waals surface area contributed by atoms with Gasteiger partial charge in [-0.05, 0) is 62.3 Å². The van der Waals surface area contributed by atoms with Crippen molar-refractivity contribution < 1.29 is 9.66 Å². The Bertz CT molecular complexity index is 997. The number of nitro benzene ring substituents is 1. The van der Waals surface area contributed by atoms with Crippen LogP contribution >= 0.6 is 0 Å². The molecule has 1 saturated heterocycles. The number of hydrogen-bond acceptors (Lipinski definition) is 5. The van der Waals surface area contributed by atoms with E-state index in [4.69, 9.17) is 4.74 Å². The first-order chi connectivity index (χ1) is 13.7. The largest absolute Gasteiger partial charge is 0.477 e. The molecule has 0 spiro atoms. The van der Waals surface area contributed by atoms with Crippen LogP contribution < -0.4 is 4.74 Å². The molecule has 0 radical (unpaired) electrons. The summed E-state index contributed by atoms with van der Waals surface area (Å²) in [7, 11) is 0. The lowest BCUT2D eigenvalue weighted by atomic mass is 9.97. The normalized spacial score (nSPS) is 15.9. The van der Waals surface area contributed by atoms with Gasteiger partial charge in [-0.1, -0.05) is 25.1 Å². The first-order valence-corrected chi connectivity index (χ1v) is 9.97. The number of ether oxygens (including phenoxy) is 1. The van der Waals surface area contributed by atoms with Crippen molar-refractivity contribution in [2.24, 2.45) is 5.92 Å². The van der Waals surface area contributed by atoms with Crippen molar-refractivity contribution in [1.82, 2.24) is 9.88 Å². The molecular weight excluding hydrogens is 354 g/mol. The van der Waals surface area contributed by atoms with Crippen LogP contribution in [-0.2, 0) is 0 Å². The van der Waals surface area contributed by atoms with E-state index in [1.54, 1.807) is 18.2 Å². The number of hydrogen-bond donors (Lipinski definition) is 0. The fourth-order valence-corrected chi connectivity index (χ4v) is 4.03. The van der Waals surface area contributed by atoms with Crippen LogP contribution in [-0.4, -0.2) is 41.0 Å². The molecule has 1 aromatic heterocycles. The molecular formula is C22H25N3O3. The quantitative estimate of drug-likeness (QED) is 0.350. The van der Waals surface area contributed by atoms with E-state index in [1.165, 1.54) is 6.42 Å². The number of benzene rings is 2. The van der Waals surface area contributed by atoms with E-state index in [2.05, 4.69) is 16.8 Å². The Kier molecular flexibility index (Phi) is 5.39. The van der Waals surface area contributed by atoms with Gasteiger partial charge in [0.25, 0.3) is 5.69 Å². The maximum atomic E-state index is 11.2. The van der Waals surface area contributed by atoms with Crippen molar-refractivity contribution in [3.05, 3.63) is 52.6 Å². The summed E-state index contributed by atoms with van der Waals surface area (Å²) in [4.78, 5) is 18.1. The van der Waals surface area contributed by atoms with Crippen LogP contribution in [0.5, 0.6) is 5.88 Å². The highest BCUT2D eigenvalue weighted by molar-refractivity contribution is 6.08. The van der Waals surface area contributed by atoms with Gasteiger partial charge >= 0.3 is 0 Å². The minimum Gasteiger partial charge on any atom is -0.477 e. The number of aromatic nitrogens is 1. The van der Waals surface area contributed by atoms with Gasteiger partial charge in [-0.25, -0.2) is 4.98 Å². The van der Waals surface area contributed by atoms with Gasteiger partial charge in [-0.15, -0.1) is 0 Å². The average Bonchev–Trinajstić information content (AvgIpc) is 2.73. The number of para-hydroxylation sites is 1. The maximum absolute atomic E-state index is 11.2. The van der Waals surface area contributed by atoms with E-state index < -0.39 is 0 Å². The van der Waals surface area contributed by atoms with Gasteiger partial charge in [0, 0.05) is 17.5 Å². The molecule has 1 aliphatic heterocycles. The lowest BCUT2D eigenvalue weighted by Crippen LogP contribution is -2.35. The van der Waals surface area contributed by atoms with Crippen molar-refractivity contribution in [1.29, 1.82) is 0 Å². The van der Waals surface area contributed by atoms with Crippen LogP contribution in [0.4, 0.5) is 5.69 Å². The Morgan fingerprint density at radius 1 is 1.14 bits per heavy atom. The first kappa shape index (κ1) is 18.6. The zero-order valence-electron chi connectivity index (χ0n) is 16.1. The van der Waals surface area contributed by atoms with Crippen LogP contribution in [0.15, 0.2) is 42.5 Å². The summed E-state index contributed by atoms with van der Waals surface area (Å²) in [6, 6.07) is 12.8. The van der Waals surface area contributed by atoms with Gasteiger partial charge in [0.2, 0.25) is 5.88 Å². The molecule has 146 valence electrons. The third-order valence-corrected chi connectivity index (χ3v) is 5.56. The fourth-order valence-electron chi connectivity index (χ4n) is 4.03. The summed E-state index contributed by atoms with van der Waals surface area (Å²) in [6.45, 7) is 6.20. The molecule has 2 heterocycles. The zero-order valence-corrected chi connectivity index (χ0v) is 16.1. The van der Waals surface area contributed by atoms with Crippen molar-refractivity contribution in [2.75, 3.05) is 26.2 Å². The molecule has 1 aliphatic rings. The van der Waals surface area contributed by atoms with Crippen molar-refractivity contribution in [3.63, 3.8) is 0 Å². The number of likely N-dealkylation sites (tertiary alicyclic amines) is 1. The molecule has 0 amide bonds. The lowest BCUT2D eigenvalue weighted by molar-refractivity contribution is -0.384. The summed E-state index contributed by atoms with van der Waals surface area (Å²) >= 11 is 0. The predicted octanol–water partition coefficient (Wildman–Crippen LogP) is 4.80. The molecule has 6 heteroatoms. The molecule has 0 saturated carbocycles.